The average molecular weight is 434 g/mol. The van der Waals surface area contributed by atoms with Gasteiger partial charge in [0.05, 0.1) is 33.2 Å². The van der Waals surface area contributed by atoms with Gasteiger partial charge in [0, 0.05) is 31.6 Å². The first-order valence-corrected chi connectivity index (χ1v) is 9.93. The maximum Gasteiger partial charge on any atom is 0.341 e. The predicted molar refractivity (Wildman–Crippen MR) is 110 cm³/mol. The Bertz CT molecular complexity index is 1220. The molecular weight excluding hydrogens is 416 g/mol. The van der Waals surface area contributed by atoms with Crippen LogP contribution in [0.4, 0.5) is 14.5 Å². The van der Waals surface area contributed by atoms with E-state index in [-0.39, 0.29) is 34.0 Å². The number of pyridine rings is 1. The van der Waals surface area contributed by atoms with Gasteiger partial charge < -0.3 is 20.3 Å². The lowest BCUT2D eigenvalue weighted by Gasteiger charge is -2.27. The first-order valence-electron chi connectivity index (χ1n) is 9.55. The van der Waals surface area contributed by atoms with Gasteiger partial charge in [-0.25, -0.2) is 13.6 Å². The summed E-state index contributed by atoms with van der Waals surface area (Å²) in [5.41, 5.74) is 4.62. The number of aromatic nitrogens is 1. The van der Waals surface area contributed by atoms with E-state index < -0.39 is 40.5 Å². The van der Waals surface area contributed by atoms with Crippen molar-refractivity contribution in [2.24, 2.45) is 11.7 Å². The van der Waals surface area contributed by atoms with E-state index in [0.29, 0.717) is 13.1 Å². The number of halogens is 3. The monoisotopic (exact) mass is 433 g/mol. The van der Waals surface area contributed by atoms with Crippen LogP contribution in [0.1, 0.15) is 22.8 Å². The lowest BCUT2D eigenvalue weighted by molar-refractivity contribution is 0.0694. The second kappa shape index (κ2) is 6.39. The van der Waals surface area contributed by atoms with Gasteiger partial charge in [-0.15, -0.1) is 0 Å². The molecule has 1 unspecified atom stereocenters. The number of carbonyl (C=O) groups is 1. The highest BCUT2D eigenvalue weighted by Crippen LogP contribution is 2.45. The Kier molecular flexibility index (Phi) is 4.10. The van der Waals surface area contributed by atoms with Gasteiger partial charge in [-0.05, 0) is 6.07 Å². The van der Waals surface area contributed by atoms with Crippen molar-refractivity contribution in [2.75, 3.05) is 18.0 Å². The normalized spacial score (nSPS) is 29.5. The topological polar surface area (TPSA) is 88.6 Å². The molecule has 2 heterocycles. The molecule has 156 valence electrons. The summed E-state index contributed by atoms with van der Waals surface area (Å²) in [7, 11) is 0. The number of fused-ring (bicyclic) bond motifs is 2. The molecule has 1 aromatic heterocycles. The SMILES string of the molecule is NC12C=CC=C[C@@H]1CN(c1c(F)cc3c(=O)c(C(=O)O)cn([C@@H]4C[C@@H]4F)c3c1Cl)C2. The van der Waals surface area contributed by atoms with Crippen LogP contribution in [0.3, 0.4) is 0 Å². The number of rotatable bonds is 3. The maximum absolute atomic E-state index is 15.2. The summed E-state index contributed by atoms with van der Waals surface area (Å²) in [4.78, 5) is 25.9. The fourth-order valence-electron chi connectivity index (χ4n) is 4.51. The first-order chi connectivity index (χ1) is 14.2. The van der Waals surface area contributed by atoms with Crippen LogP contribution < -0.4 is 16.1 Å². The highest BCUT2D eigenvalue weighted by Gasteiger charge is 2.44. The van der Waals surface area contributed by atoms with Crippen molar-refractivity contribution in [1.29, 1.82) is 0 Å². The van der Waals surface area contributed by atoms with Crippen LogP contribution in [0.5, 0.6) is 0 Å². The van der Waals surface area contributed by atoms with Gasteiger partial charge in [-0.1, -0.05) is 35.9 Å². The van der Waals surface area contributed by atoms with E-state index in [9.17, 15) is 19.1 Å². The summed E-state index contributed by atoms with van der Waals surface area (Å²) in [6.07, 6.45) is 7.66. The highest BCUT2D eigenvalue weighted by molar-refractivity contribution is 6.38. The standard InChI is InChI=1S/C21H18ClF2N3O3/c22-16-17-11(19(28)12(20(29)30)8-27(17)15-6-13(15)23)5-14(24)18(16)26-7-10-3-1-2-4-21(10,25)9-26/h1-5,8,10,13,15H,6-7,9,25H2,(H,29,30)/t10-,13+,15-,21?/m1/s1. The number of aromatic carboxylic acids is 1. The minimum atomic E-state index is -1.46. The van der Waals surface area contributed by atoms with Crippen LogP contribution in [0, 0.1) is 11.7 Å². The van der Waals surface area contributed by atoms with Crippen molar-refractivity contribution >= 4 is 34.2 Å². The number of alkyl halides is 1. The summed E-state index contributed by atoms with van der Waals surface area (Å²) in [5, 5.41) is 9.13. The molecule has 3 aliphatic rings. The summed E-state index contributed by atoms with van der Waals surface area (Å²) < 4.78 is 30.4. The van der Waals surface area contributed by atoms with Crippen LogP contribution in [-0.2, 0) is 0 Å². The first kappa shape index (κ1) is 19.3. The molecule has 0 radical (unpaired) electrons. The minimum absolute atomic E-state index is 0.0381. The van der Waals surface area contributed by atoms with E-state index in [1.165, 1.54) is 4.57 Å². The Balaban J connectivity index is 1.73. The van der Waals surface area contributed by atoms with Gasteiger partial charge in [0.2, 0.25) is 5.43 Å². The van der Waals surface area contributed by atoms with E-state index in [1.807, 2.05) is 24.3 Å². The molecule has 30 heavy (non-hydrogen) atoms. The third-order valence-corrected chi connectivity index (χ3v) is 6.56. The quantitative estimate of drug-likeness (QED) is 0.776. The maximum atomic E-state index is 15.2. The summed E-state index contributed by atoms with van der Waals surface area (Å²) >= 11 is 6.61. The zero-order valence-corrected chi connectivity index (χ0v) is 16.4. The lowest BCUT2D eigenvalue weighted by Crippen LogP contribution is -2.46. The number of carboxylic acid groups (broad SMARTS) is 1. The predicted octanol–water partition coefficient (Wildman–Crippen LogP) is 3.03. The molecule has 0 amide bonds. The molecule has 3 N–H and O–H groups in total. The minimum Gasteiger partial charge on any atom is -0.477 e. The smallest absolute Gasteiger partial charge is 0.341 e. The molecule has 5 rings (SSSR count). The van der Waals surface area contributed by atoms with Crippen LogP contribution in [0.2, 0.25) is 5.02 Å². The summed E-state index contributed by atoms with van der Waals surface area (Å²) in [6, 6.07) is 0.351. The Morgan fingerprint density at radius 1 is 1.37 bits per heavy atom. The van der Waals surface area contributed by atoms with E-state index in [2.05, 4.69) is 0 Å². The zero-order chi connectivity index (χ0) is 21.4. The molecule has 2 fully saturated rings. The van der Waals surface area contributed by atoms with Crippen LogP contribution in [0.15, 0.2) is 41.4 Å². The van der Waals surface area contributed by atoms with Crippen molar-refractivity contribution in [3.05, 3.63) is 63.2 Å². The number of hydrogen-bond donors (Lipinski definition) is 2. The van der Waals surface area contributed by atoms with Crippen LogP contribution >= 0.6 is 11.6 Å². The molecule has 1 aromatic carbocycles. The van der Waals surface area contributed by atoms with Crippen molar-refractivity contribution < 1.29 is 18.7 Å². The van der Waals surface area contributed by atoms with Gasteiger partial charge in [0.15, 0.2) is 0 Å². The van der Waals surface area contributed by atoms with Gasteiger partial charge in [0.25, 0.3) is 0 Å². The fourth-order valence-corrected chi connectivity index (χ4v) is 4.92. The largest absolute Gasteiger partial charge is 0.477 e. The molecule has 1 saturated heterocycles. The van der Waals surface area contributed by atoms with E-state index in [0.717, 1.165) is 12.3 Å². The molecule has 1 aliphatic heterocycles. The molecule has 1 saturated carbocycles. The third-order valence-electron chi connectivity index (χ3n) is 6.20. The average Bonchev–Trinajstić information content (AvgIpc) is 3.29. The number of nitrogens with two attached hydrogens (primary N) is 1. The molecule has 2 aliphatic carbocycles. The fraction of sp³-hybridized carbons (Fsp3) is 0.333. The van der Waals surface area contributed by atoms with Gasteiger partial charge in [-0.2, -0.15) is 0 Å². The molecular formula is C21H18ClF2N3O3. The summed E-state index contributed by atoms with van der Waals surface area (Å²) in [6.45, 7) is 0.735. The second-order valence-electron chi connectivity index (χ2n) is 8.16. The number of benzene rings is 1. The van der Waals surface area contributed by atoms with Crippen molar-refractivity contribution in [2.45, 2.75) is 24.2 Å². The van der Waals surface area contributed by atoms with Gasteiger partial charge in [-0.3, -0.25) is 4.79 Å². The number of hydrogen-bond acceptors (Lipinski definition) is 4. The molecule has 2 aromatic rings. The Labute approximate surface area is 174 Å². The number of anilines is 1. The zero-order valence-electron chi connectivity index (χ0n) is 15.7. The van der Waals surface area contributed by atoms with E-state index in [4.69, 9.17) is 17.3 Å². The van der Waals surface area contributed by atoms with Crippen LogP contribution in [-0.4, -0.2) is 40.4 Å². The molecule has 0 spiro atoms. The van der Waals surface area contributed by atoms with Gasteiger partial charge in [0.1, 0.15) is 17.6 Å². The van der Waals surface area contributed by atoms with E-state index in [1.54, 1.807) is 4.90 Å². The second-order valence-corrected chi connectivity index (χ2v) is 8.54. The van der Waals surface area contributed by atoms with E-state index >= 15 is 4.39 Å². The van der Waals surface area contributed by atoms with Crippen molar-refractivity contribution in [1.82, 2.24) is 4.57 Å². The van der Waals surface area contributed by atoms with Crippen molar-refractivity contribution in [3.8, 4) is 0 Å². The highest BCUT2D eigenvalue weighted by atomic mass is 35.5. The Hall–Kier alpha value is -2.71. The number of carboxylic acids is 1. The number of allylic oxidation sites excluding steroid dienone is 2. The third kappa shape index (κ3) is 2.70. The molecule has 4 atom stereocenters. The molecule has 0 bridgehead atoms. The Morgan fingerprint density at radius 3 is 2.73 bits per heavy atom. The molecule has 6 nitrogen and oxygen atoms in total. The number of nitrogens with zero attached hydrogens (tertiary/aromatic N) is 2. The lowest BCUT2D eigenvalue weighted by atomic mass is 9.85. The van der Waals surface area contributed by atoms with Crippen molar-refractivity contribution in [3.63, 3.8) is 0 Å². The van der Waals surface area contributed by atoms with Gasteiger partial charge >= 0.3 is 5.97 Å². The Morgan fingerprint density at radius 2 is 2.10 bits per heavy atom. The van der Waals surface area contributed by atoms with Crippen LogP contribution in [0.25, 0.3) is 10.9 Å². The summed E-state index contributed by atoms with van der Waals surface area (Å²) in [5.74, 6) is -2.25. The molecule has 9 heteroatoms.